The maximum atomic E-state index is 12.7. The van der Waals surface area contributed by atoms with Crippen LogP contribution in [-0.2, 0) is 12.7 Å². The quantitative estimate of drug-likeness (QED) is 0.925. The Morgan fingerprint density at radius 2 is 2.17 bits per heavy atom. The molecule has 0 radical (unpaired) electrons. The number of rotatable bonds is 4. The predicted octanol–water partition coefficient (Wildman–Crippen LogP) is 3.59. The van der Waals surface area contributed by atoms with Crippen molar-refractivity contribution in [3.63, 3.8) is 0 Å². The fourth-order valence-corrected chi connectivity index (χ4v) is 3.12. The molecule has 132 valence electrons. The van der Waals surface area contributed by atoms with Crippen molar-refractivity contribution in [2.75, 3.05) is 13.1 Å². The van der Waals surface area contributed by atoms with E-state index in [2.05, 4.69) is 34.0 Å². The van der Waals surface area contributed by atoms with Crippen LogP contribution in [0.15, 0.2) is 18.3 Å². The molecule has 3 heterocycles. The average molecular weight is 341 g/mol. The molecule has 1 atom stereocenters. The van der Waals surface area contributed by atoms with Crippen molar-refractivity contribution in [2.24, 2.45) is 0 Å². The lowest BCUT2D eigenvalue weighted by atomic mass is 9.94. The number of nitrogens with zero attached hydrogens (tertiary/aromatic N) is 4. The van der Waals surface area contributed by atoms with Crippen molar-refractivity contribution in [2.45, 2.75) is 51.4 Å². The van der Waals surface area contributed by atoms with Gasteiger partial charge >= 0.3 is 6.18 Å². The van der Waals surface area contributed by atoms with Crippen LogP contribution in [0.2, 0.25) is 0 Å². The maximum Gasteiger partial charge on any atom is 0.435 e. The summed E-state index contributed by atoms with van der Waals surface area (Å²) in [6.07, 6.45) is -0.606. The fraction of sp³-hybridized carbons (Fsp3) is 0.625. The van der Waals surface area contributed by atoms with E-state index in [-0.39, 0.29) is 5.92 Å². The number of likely N-dealkylation sites (tertiary alicyclic amines) is 1. The van der Waals surface area contributed by atoms with Crippen LogP contribution in [0.25, 0.3) is 0 Å². The molecule has 0 spiro atoms. The van der Waals surface area contributed by atoms with E-state index >= 15 is 0 Å². The molecule has 1 fully saturated rings. The number of hydrogen-bond donors (Lipinski definition) is 1. The fourth-order valence-electron chi connectivity index (χ4n) is 3.12. The van der Waals surface area contributed by atoms with E-state index < -0.39 is 11.9 Å². The van der Waals surface area contributed by atoms with Crippen LogP contribution in [-0.4, -0.2) is 38.0 Å². The molecule has 1 unspecified atom stereocenters. The van der Waals surface area contributed by atoms with Crippen molar-refractivity contribution in [3.8, 4) is 0 Å². The molecule has 2 aromatic rings. The summed E-state index contributed by atoms with van der Waals surface area (Å²) >= 11 is 0. The number of alkyl halides is 3. The Morgan fingerprint density at radius 1 is 1.38 bits per heavy atom. The lowest BCUT2D eigenvalue weighted by Gasteiger charge is -2.31. The molecule has 1 N–H and O–H groups in total. The summed E-state index contributed by atoms with van der Waals surface area (Å²) in [5, 5.41) is 10.5. The third-order valence-corrected chi connectivity index (χ3v) is 4.41. The van der Waals surface area contributed by atoms with Gasteiger partial charge in [0.25, 0.3) is 0 Å². The Kier molecular flexibility index (Phi) is 4.67. The highest BCUT2D eigenvalue weighted by atomic mass is 19.4. The van der Waals surface area contributed by atoms with Crippen molar-refractivity contribution >= 4 is 0 Å². The zero-order valence-electron chi connectivity index (χ0n) is 13.8. The lowest BCUT2D eigenvalue weighted by Crippen LogP contribution is -2.34. The molecule has 3 rings (SSSR count). The second-order valence-corrected chi connectivity index (χ2v) is 6.66. The number of aromatic amines is 1. The van der Waals surface area contributed by atoms with E-state index in [4.69, 9.17) is 0 Å². The van der Waals surface area contributed by atoms with Gasteiger partial charge in [0.1, 0.15) is 0 Å². The van der Waals surface area contributed by atoms with Gasteiger partial charge in [-0.1, -0.05) is 0 Å². The largest absolute Gasteiger partial charge is 0.435 e. The molecule has 1 aliphatic rings. The third-order valence-electron chi connectivity index (χ3n) is 4.41. The van der Waals surface area contributed by atoms with Gasteiger partial charge in [-0.2, -0.15) is 23.4 Å². The molecule has 5 nitrogen and oxygen atoms in total. The monoisotopic (exact) mass is 341 g/mol. The summed E-state index contributed by atoms with van der Waals surface area (Å²) in [5.41, 5.74) is 0.718. The van der Waals surface area contributed by atoms with Crippen LogP contribution in [0.5, 0.6) is 0 Å². The summed E-state index contributed by atoms with van der Waals surface area (Å²) in [7, 11) is 0. The molecule has 0 aliphatic carbocycles. The van der Waals surface area contributed by atoms with Gasteiger partial charge in [0.2, 0.25) is 0 Å². The smallest absolute Gasteiger partial charge is 0.297 e. The Morgan fingerprint density at radius 3 is 2.79 bits per heavy atom. The summed E-state index contributed by atoms with van der Waals surface area (Å²) in [6.45, 7) is 6.52. The Balaban J connectivity index is 1.64. The molecule has 2 aromatic heterocycles. The molecule has 0 bridgehead atoms. The number of nitrogens with one attached hydrogen (secondary N) is 1. The third kappa shape index (κ3) is 3.80. The van der Waals surface area contributed by atoms with Crippen LogP contribution in [0, 0.1) is 0 Å². The first-order chi connectivity index (χ1) is 11.3. The molecule has 1 aliphatic heterocycles. The molecular weight excluding hydrogens is 319 g/mol. The van der Waals surface area contributed by atoms with E-state index in [0.717, 1.165) is 37.7 Å². The van der Waals surface area contributed by atoms with Gasteiger partial charge < -0.3 is 0 Å². The van der Waals surface area contributed by atoms with Gasteiger partial charge in [0, 0.05) is 36.9 Å². The normalized spacial score (nSPS) is 20.0. The van der Waals surface area contributed by atoms with E-state index in [9.17, 15) is 13.2 Å². The summed E-state index contributed by atoms with van der Waals surface area (Å²) < 4.78 is 40.0. The standard InChI is InChI=1S/C16H22F3N5/c1-11(2)24-7-5-13(22-24)10-23-6-3-4-12(9-23)14-8-15(21-20-14)16(17,18)19/h5,7-8,11-12H,3-4,6,9-10H2,1-2H3,(H,20,21). The van der Waals surface area contributed by atoms with E-state index in [0.29, 0.717) is 18.3 Å². The minimum absolute atomic E-state index is 0.0505. The number of piperidine rings is 1. The topological polar surface area (TPSA) is 49.7 Å². The highest BCUT2D eigenvalue weighted by Crippen LogP contribution is 2.32. The zero-order valence-corrected chi connectivity index (χ0v) is 13.8. The average Bonchev–Trinajstić information content (AvgIpc) is 3.16. The van der Waals surface area contributed by atoms with Crippen molar-refractivity contribution < 1.29 is 13.2 Å². The Bertz CT molecular complexity index is 673. The van der Waals surface area contributed by atoms with E-state index in [1.54, 1.807) is 0 Å². The predicted molar refractivity (Wildman–Crippen MR) is 83.5 cm³/mol. The SMILES string of the molecule is CC(C)n1ccc(CN2CCCC(c3cc(C(F)(F)F)n[nH]3)C2)n1. The molecule has 0 amide bonds. The van der Waals surface area contributed by atoms with Crippen molar-refractivity contribution in [1.82, 2.24) is 24.9 Å². The highest BCUT2D eigenvalue weighted by molar-refractivity contribution is 5.16. The second kappa shape index (κ2) is 6.58. The molecule has 1 saturated heterocycles. The number of halogens is 3. The first kappa shape index (κ1) is 17.0. The first-order valence-electron chi connectivity index (χ1n) is 8.22. The van der Waals surface area contributed by atoms with Crippen molar-refractivity contribution in [1.29, 1.82) is 0 Å². The number of H-pyrrole nitrogens is 1. The van der Waals surface area contributed by atoms with Crippen molar-refractivity contribution in [3.05, 3.63) is 35.4 Å². The second-order valence-electron chi connectivity index (χ2n) is 6.66. The van der Waals surface area contributed by atoms with Gasteiger partial charge in [-0.05, 0) is 45.4 Å². The lowest BCUT2D eigenvalue weighted by molar-refractivity contribution is -0.141. The minimum Gasteiger partial charge on any atom is -0.297 e. The minimum atomic E-state index is -4.40. The van der Waals surface area contributed by atoms with Gasteiger partial charge in [-0.15, -0.1) is 0 Å². The van der Waals surface area contributed by atoms with Gasteiger partial charge in [-0.25, -0.2) is 0 Å². The number of hydrogen-bond acceptors (Lipinski definition) is 3. The van der Waals surface area contributed by atoms with Crippen LogP contribution in [0.4, 0.5) is 13.2 Å². The van der Waals surface area contributed by atoms with Crippen LogP contribution in [0.3, 0.4) is 0 Å². The molecule has 24 heavy (non-hydrogen) atoms. The van der Waals surface area contributed by atoms with E-state index in [1.165, 1.54) is 0 Å². The first-order valence-corrected chi connectivity index (χ1v) is 8.22. The van der Waals surface area contributed by atoms with E-state index in [1.807, 2.05) is 16.9 Å². The van der Waals surface area contributed by atoms with Crippen LogP contribution in [0.1, 0.15) is 55.7 Å². The van der Waals surface area contributed by atoms with Gasteiger partial charge in [-0.3, -0.25) is 14.7 Å². The van der Waals surface area contributed by atoms with Crippen LogP contribution < -0.4 is 0 Å². The summed E-state index contributed by atoms with van der Waals surface area (Å²) in [5.74, 6) is 0.0505. The van der Waals surface area contributed by atoms with Gasteiger partial charge in [0.05, 0.1) is 5.69 Å². The Labute approximate surface area is 138 Å². The zero-order chi connectivity index (χ0) is 17.3. The Hall–Kier alpha value is -1.83. The molecule has 0 aromatic carbocycles. The molecular formula is C16H22F3N5. The summed E-state index contributed by atoms with van der Waals surface area (Å²) in [6, 6.07) is 3.46. The molecule has 0 saturated carbocycles. The highest BCUT2D eigenvalue weighted by Gasteiger charge is 2.35. The number of aromatic nitrogens is 4. The molecule has 8 heteroatoms. The summed E-state index contributed by atoms with van der Waals surface area (Å²) in [4.78, 5) is 2.25. The van der Waals surface area contributed by atoms with Gasteiger partial charge in [0.15, 0.2) is 5.69 Å². The maximum absolute atomic E-state index is 12.7. The van der Waals surface area contributed by atoms with Crippen LogP contribution >= 0.6 is 0 Å².